The molecule has 0 aliphatic carbocycles. The normalized spacial score (nSPS) is 14.5. The molecular weight excluding hydrogens is 136 g/mol. The molecule has 1 N–H and O–H groups in total. The third kappa shape index (κ3) is 3.73. The van der Waals surface area contributed by atoms with E-state index in [0.29, 0.717) is 12.1 Å². The fraction of sp³-hybridized carbons (Fsp3) is 0.889. The van der Waals surface area contributed by atoms with E-state index in [9.17, 15) is 0 Å². The highest BCUT2D eigenvalue weighted by Crippen LogP contribution is 2.04. The maximum Gasteiger partial charge on any atom is 0.0215 e. The molecule has 0 saturated carbocycles. The fourth-order valence-electron chi connectivity index (χ4n) is 1.17. The molecule has 0 aliphatic heterocycles. The maximum atomic E-state index is 3.77. The van der Waals surface area contributed by atoms with Crippen molar-refractivity contribution in [3.05, 3.63) is 6.92 Å². The van der Waals surface area contributed by atoms with Crippen LogP contribution in [0.15, 0.2) is 0 Å². The molecule has 0 aromatic carbocycles. The van der Waals surface area contributed by atoms with Gasteiger partial charge in [0, 0.05) is 18.6 Å². The van der Waals surface area contributed by atoms with E-state index in [-0.39, 0.29) is 0 Å². The van der Waals surface area contributed by atoms with Gasteiger partial charge in [-0.05, 0) is 34.1 Å². The first-order chi connectivity index (χ1) is 5.13. The van der Waals surface area contributed by atoms with Crippen molar-refractivity contribution in [1.82, 2.24) is 10.4 Å². The van der Waals surface area contributed by atoms with E-state index in [2.05, 4.69) is 45.1 Å². The summed E-state index contributed by atoms with van der Waals surface area (Å²) in [4.78, 5) is 0. The van der Waals surface area contributed by atoms with Gasteiger partial charge in [0.05, 0.1) is 0 Å². The minimum Gasteiger partial charge on any atom is -0.255 e. The second-order valence-corrected chi connectivity index (χ2v) is 3.17. The number of nitrogens with zero attached hydrogens (tertiary/aromatic N) is 1. The zero-order valence-electron chi connectivity index (χ0n) is 8.22. The first-order valence-corrected chi connectivity index (χ1v) is 4.44. The second kappa shape index (κ2) is 5.56. The van der Waals surface area contributed by atoms with Crippen molar-refractivity contribution in [3.8, 4) is 0 Å². The van der Waals surface area contributed by atoms with Gasteiger partial charge in [0.25, 0.3) is 0 Å². The van der Waals surface area contributed by atoms with Gasteiger partial charge >= 0.3 is 0 Å². The zero-order valence-corrected chi connectivity index (χ0v) is 8.22. The summed E-state index contributed by atoms with van der Waals surface area (Å²) in [7, 11) is 0. The van der Waals surface area contributed by atoms with Crippen LogP contribution in [0.4, 0.5) is 0 Å². The second-order valence-electron chi connectivity index (χ2n) is 3.17. The van der Waals surface area contributed by atoms with Crippen LogP contribution >= 0.6 is 0 Å². The molecule has 1 radical (unpaired) electrons. The van der Waals surface area contributed by atoms with Gasteiger partial charge in [-0.1, -0.05) is 6.92 Å². The summed E-state index contributed by atoms with van der Waals surface area (Å²) < 4.78 is 0. The molecule has 0 bridgehead atoms. The summed E-state index contributed by atoms with van der Waals surface area (Å²) in [5.74, 6) is 0. The van der Waals surface area contributed by atoms with Crippen LogP contribution in [0.2, 0.25) is 0 Å². The highest BCUT2D eigenvalue weighted by Gasteiger charge is 2.13. The monoisotopic (exact) mass is 157 g/mol. The Morgan fingerprint density at radius 2 is 1.91 bits per heavy atom. The minimum absolute atomic E-state index is 0.548. The summed E-state index contributed by atoms with van der Waals surface area (Å²) in [5, 5.41) is 2.26. The van der Waals surface area contributed by atoms with Gasteiger partial charge in [0.1, 0.15) is 0 Å². The van der Waals surface area contributed by atoms with E-state index in [0.717, 1.165) is 6.54 Å². The van der Waals surface area contributed by atoms with Gasteiger partial charge in [-0.3, -0.25) is 5.43 Å². The van der Waals surface area contributed by atoms with E-state index < -0.39 is 0 Å². The summed E-state index contributed by atoms with van der Waals surface area (Å²) in [5.41, 5.74) is 3.25. The maximum absolute atomic E-state index is 3.77. The van der Waals surface area contributed by atoms with Crippen molar-refractivity contribution in [2.75, 3.05) is 6.54 Å². The minimum atomic E-state index is 0.548. The van der Waals surface area contributed by atoms with Gasteiger partial charge in [0.15, 0.2) is 0 Å². The molecule has 11 heavy (non-hydrogen) atoms. The van der Waals surface area contributed by atoms with Crippen LogP contribution in [0.1, 0.15) is 34.1 Å². The van der Waals surface area contributed by atoms with E-state index in [1.165, 1.54) is 6.42 Å². The molecule has 0 rings (SSSR count). The Bertz CT molecular complexity index is 91.6. The number of hydrazine groups is 1. The van der Waals surface area contributed by atoms with Gasteiger partial charge < -0.3 is 0 Å². The van der Waals surface area contributed by atoms with Crippen molar-refractivity contribution >= 4 is 0 Å². The Morgan fingerprint density at radius 3 is 2.18 bits per heavy atom. The lowest BCUT2D eigenvalue weighted by Gasteiger charge is -2.32. The quantitative estimate of drug-likeness (QED) is 0.613. The van der Waals surface area contributed by atoms with E-state index >= 15 is 0 Å². The molecule has 0 saturated heterocycles. The van der Waals surface area contributed by atoms with Crippen LogP contribution in [0.3, 0.4) is 0 Å². The van der Waals surface area contributed by atoms with Gasteiger partial charge in [-0.15, -0.1) is 0 Å². The lowest BCUT2D eigenvalue weighted by molar-refractivity contribution is 0.0973. The number of nitrogens with one attached hydrogen (secondary N) is 1. The largest absolute Gasteiger partial charge is 0.255 e. The molecule has 67 valence electrons. The molecule has 0 amide bonds. The predicted molar refractivity (Wildman–Crippen MR) is 50.1 cm³/mol. The fourth-order valence-corrected chi connectivity index (χ4v) is 1.17. The van der Waals surface area contributed by atoms with Crippen LogP contribution in [-0.2, 0) is 0 Å². The van der Waals surface area contributed by atoms with Crippen LogP contribution in [0, 0.1) is 6.92 Å². The Kier molecular flexibility index (Phi) is 5.51. The zero-order chi connectivity index (χ0) is 8.85. The Labute approximate surface area is 70.9 Å². The lowest BCUT2D eigenvalue weighted by Crippen LogP contribution is -2.48. The lowest BCUT2D eigenvalue weighted by atomic mass is 10.2. The first-order valence-electron chi connectivity index (χ1n) is 4.44. The summed E-state index contributed by atoms with van der Waals surface area (Å²) in [6.07, 6.45) is 1.17. The van der Waals surface area contributed by atoms with Gasteiger partial charge in [-0.2, -0.15) is 0 Å². The standard InChI is InChI=1S/C9H21N2/c1-6-9(5)11(8(3)4)10-7-2/h8-10H,2,6-7H2,1,3-5H3. The first kappa shape index (κ1) is 10.9. The third-order valence-corrected chi connectivity index (χ3v) is 1.92. The molecular formula is C9H21N2. The summed E-state index contributed by atoms with van der Waals surface area (Å²) in [6, 6.07) is 1.14. The van der Waals surface area contributed by atoms with Crippen molar-refractivity contribution in [2.45, 2.75) is 46.2 Å². The van der Waals surface area contributed by atoms with Crippen molar-refractivity contribution < 1.29 is 0 Å². The molecule has 0 spiro atoms. The average Bonchev–Trinajstić information content (AvgIpc) is 1.98. The van der Waals surface area contributed by atoms with E-state index in [4.69, 9.17) is 0 Å². The average molecular weight is 157 g/mol. The van der Waals surface area contributed by atoms with Crippen LogP contribution < -0.4 is 5.43 Å². The van der Waals surface area contributed by atoms with Crippen molar-refractivity contribution in [1.29, 1.82) is 0 Å². The number of hydrogen-bond donors (Lipinski definition) is 1. The molecule has 0 heterocycles. The molecule has 1 atom stereocenters. The summed E-state index contributed by atoms with van der Waals surface area (Å²) in [6.45, 7) is 13.3. The Hall–Kier alpha value is -0.0800. The molecule has 0 aromatic rings. The number of rotatable bonds is 5. The SMILES string of the molecule is [CH2]CNN(C(C)C)C(C)CC. The number of hydrogen-bond acceptors (Lipinski definition) is 2. The smallest absolute Gasteiger partial charge is 0.0215 e. The van der Waals surface area contributed by atoms with Gasteiger partial charge in [0.2, 0.25) is 0 Å². The Morgan fingerprint density at radius 1 is 1.36 bits per heavy atom. The predicted octanol–water partition coefficient (Wildman–Crippen LogP) is 1.83. The van der Waals surface area contributed by atoms with E-state index in [1.807, 2.05) is 0 Å². The molecule has 0 fully saturated rings. The van der Waals surface area contributed by atoms with Crippen LogP contribution in [0.5, 0.6) is 0 Å². The van der Waals surface area contributed by atoms with Crippen molar-refractivity contribution in [3.63, 3.8) is 0 Å². The topological polar surface area (TPSA) is 15.3 Å². The molecule has 2 heteroatoms. The highest BCUT2D eigenvalue weighted by atomic mass is 15.5. The van der Waals surface area contributed by atoms with Crippen LogP contribution in [0.25, 0.3) is 0 Å². The van der Waals surface area contributed by atoms with Gasteiger partial charge in [-0.25, -0.2) is 5.01 Å². The molecule has 0 aromatic heterocycles. The Balaban J connectivity index is 3.87. The molecule has 1 unspecified atom stereocenters. The van der Waals surface area contributed by atoms with Crippen molar-refractivity contribution in [2.24, 2.45) is 0 Å². The molecule has 2 nitrogen and oxygen atoms in total. The van der Waals surface area contributed by atoms with E-state index in [1.54, 1.807) is 0 Å². The van der Waals surface area contributed by atoms with Crippen LogP contribution in [-0.4, -0.2) is 23.6 Å². The summed E-state index contributed by atoms with van der Waals surface area (Å²) >= 11 is 0. The molecule has 0 aliphatic rings. The third-order valence-electron chi connectivity index (χ3n) is 1.92. The highest BCUT2D eigenvalue weighted by molar-refractivity contribution is 4.65.